The largest absolute Gasteiger partial charge is 0.497 e. The van der Waals surface area contributed by atoms with Crippen molar-refractivity contribution in [2.75, 3.05) is 31.8 Å². The highest BCUT2D eigenvalue weighted by Crippen LogP contribution is 2.32. The number of amides is 2. The van der Waals surface area contributed by atoms with Gasteiger partial charge in [0.25, 0.3) is 5.91 Å². The maximum atomic E-state index is 13.3. The van der Waals surface area contributed by atoms with Gasteiger partial charge in [0.2, 0.25) is 5.91 Å². The molecule has 164 valence electrons. The van der Waals surface area contributed by atoms with Crippen molar-refractivity contribution >= 4 is 40.1 Å². The van der Waals surface area contributed by atoms with Crippen molar-refractivity contribution < 1.29 is 14.3 Å². The molecule has 0 spiro atoms. The number of rotatable bonds is 4. The van der Waals surface area contributed by atoms with Gasteiger partial charge in [0.15, 0.2) is 0 Å². The summed E-state index contributed by atoms with van der Waals surface area (Å²) >= 11 is 1.64. The van der Waals surface area contributed by atoms with E-state index in [1.54, 1.807) is 35.9 Å². The number of aromatic amines is 1. The van der Waals surface area contributed by atoms with E-state index in [2.05, 4.69) is 11.1 Å². The normalized spacial score (nSPS) is 18.7. The molecule has 2 aliphatic rings. The fourth-order valence-corrected chi connectivity index (χ4v) is 5.56. The predicted molar refractivity (Wildman–Crippen MR) is 128 cm³/mol. The van der Waals surface area contributed by atoms with E-state index in [-0.39, 0.29) is 11.8 Å². The number of benzene rings is 2. The van der Waals surface area contributed by atoms with Crippen molar-refractivity contribution in [1.29, 1.82) is 0 Å². The number of aromatic nitrogens is 1. The van der Waals surface area contributed by atoms with Crippen LogP contribution in [0, 0.1) is 0 Å². The lowest BCUT2D eigenvalue weighted by molar-refractivity contribution is -0.134. The summed E-state index contributed by atoms with van der Waals surface area (Å²) in [6.45, 7) is 1.20. The highest BCUT2D eigenvalue weighted by Gasteiger charge is 2.37. The number of ether oxygens (including phenoxy) is 1. The number of methoxy groups -OCH3 is 1. The third-order valence-corrected chi connectivity index (χ3v) is 7.22. The van der Waals surface area contributed by atoms with Gasteiger partial charge in [0.05, 0.1) is 13.0 Å². The topological polar surface area (TPSA) is 65.6 Å². The van der Waals surface area contributed by atoms with E-state index in [9.17, 15) is 9.59 Å². The number of hydrogen-bond acceptors (Lipinski definition) is 4. The van der Waals surface area contributed by atoms with Gasteiger partial charge in [-0.05, 0) is 42.3 Å². The maximum Gasteiger partial charge on any atom is 0.255 e. The van der Waals surface area contributed by atoms with E-state index in [1.165, 1.54) is 5.57 Å². The Kier molecular flexibility index (Phi) is 5.66. The molecular formula is C25H25N3O3S. The standard InChI is InChI=1S/C25H25N3O3S/c1-31-19-7-8-22-20(13-19)21(14-26-22)17-9-11-27(12-10-17)25(30)23-15-32-16-28(23)24(29)18-5-3-2-4-6-18/h2-9,13-14,23,26H,10-12,15-16H2,1H3/t23-/m0/s1. The smallest absolute Gasteiger partial charge is 0.255 e. The maximum absolute atomic E-state index is 13.3. The second-order valence-electron chi connectivity index (χ2n) is 8.03. The van der Waals surface area contributed by atoms with Crippen LogP contribution < -0.4 is 4.74 Å². The van der Waals surface area contributed by atoms with Crippen LogP contribution in [0.5, 0.6) is 5.75 Å². The first kappa shape index (κ1) is 20.7. The molecule has 1 saturated heterocycles. The molecule has 2 amide bonds. The van der Waals surface area contributed by atoms with E-state index in [4.69, 9.17) is 4.74 Å². The van der Waals surface area contributed by atoms with Gasteiger partial charge in [-0.15, -0.1) is 11.8 Å². The molecule has 1 fully saturated rings. The molecule has 0 aliphatic carbocycles. The summed E-state index contributed by atoms with van der Waals surface area (Å²) in [7, 11) is 1.67. The van der Waals surface area contributed by atoms with E-state index in [0.717, 1.165) is 28.6 Å². The zero-order valence-electron chi connectivity index (χ0n) is 17.9. The Balaban J connectivity index is 1.31. The number of H-pyrrole nitrogens is 1. The summed E-state index contributed by atoms with van der Waals surface area (Å²) in [6, 6.07) is 14.8. The first-order valence-electron chi connectivity index (χ1n) is 10.7. The summed E-state index contributed by atoms with van der Waals surface area (Å²) in [5.41, 5.74) is 4.08. The van der Waals surface area contributed by atoms with Crippen LogP contribution in [0.15, 0.2) is 60.8 Å². The minimum atomic E-state index is -0.403. The van der Waals surface area contributed by atoms with E-state index >= 15 is 0 Å². The van der Waals surface area contributed by atoms with Crippen molar-refractivity contribution in [3.8, 4) is 5.75 Å². The van der Waals surface area contributed by atoms with Gasteiger partial charge in [0.1, 0.15) is 11.8 Å². The van der Waals surface area contributed by atoms with Crippen LogP contribution in [0.1, 0.15) is 22.3 Å². The first-order valence-corrected chi connectivity index (χ1v) is 11.9. The predicted octanol–water partition coefficient (Wildman–Crippen LogP) is 4.01. The third kappa shape index (κ3) is 3.77. The zero-order valence-corrected chi connectivity index (χ0v) is 18.7. The average molecular weight is 448 g/mol. The molecule has 0 bridgehead atoms. The average Bonchev–Trinajstić information content (AvgIpc) is 3.51. The van der Waals surface area contributed by atoms with Gasteiger partial charge >= 0.3 is 0 Å². The number of hydrogen-bond donors (Lipinski definition) is 1. The molecule has 0 radical (unpaired) electrons. The number of fused-ring (bicyclic) bond motifs is 1. The van der Waals surface area contributed by atoms with E-state index in [1.807, 2.05) is 47.5 Å². The number of nitrogens with one attached hydrogen (secondary N) is 1. The highest BCUT2D eigenvalue weighted by molar-refractivity contribution is 7.99. The van der Waals surface area contributed by atoms with Gasteiger partial charge in [-0.25, -0.2) is 0 Å². The SMILES string of the molecule is COc1ccc2[nH]cc(C3=CCN(C(=O)[C@@H]4CSCN4C(=O)c4ccccc4)CC3)c2c1. The first-order chi connectivity index (χ1) is 15.7. The minimum absolute atomic E-state index is 0.0372. The van der Waals surface area contributed by atoms with Crippen molar-refractivity contribution in [3.63, 3.8) is 0 Å². The number of nitrogens with zero attached hydrogens (tertiary/aromatic N) is 2. The number of carbonyl (C=O) groups excluding carboxylic acids is 2. The highest BCUT2D eigenvalue weighted by atomic mass is 32.2. The van der Waals surface area contributed by atoms with Gasteiger partial charge in [0, 0.05) is 47.1 Å². The zero-order chi connectivity index (χ0) is 22.1. The monoisotopic (exact) mass is 447 g/mol. The van der Waals surface area contributed by atoms with Crippen molar-refractivity contribution in [3.05, 3.63) is 71.9 Å². The van der Waals surface area contributed by atoms with Gasteiger partial charge < -0.3 is 19.5 Å². The molecule has 6 nitrogen and oxygen atoms in total. The number of thioether (sulfide) groups is 1. The summed E-state index contributed by atoms with van der Waals surface area (Å²) in [4.78, 5) is 33.2. The Labute approximate surface area is 191 Å². The fourth-order valence-electron chi connectivity index (χ4n) is 4.41. The van der Waals surface area contributed by atoms with Crippen molar-refractivity contribution in [2.24, 2.45) is 0 Å². The van der Waals surface area contributed by atoms with Gasteiger partial charge in [-0.3, -0.25) is 9.59 Å². The fraction of sp³-hybridized carbons (Fsp3) is 0.280. The van der Waals surface area contributed by atoms with Crippen molar-refractivity contribution in [1.82, 2.24) is 14.8 Å². The van der Waals surface area contributed by atoms with Crippen LogP contribution in [0.3, 0.4) is 0 Å². The molecule has 1 N–H and O–H groups in total. The quantitative estimate of drug-likeness (QED) is 0.656. The molecule has 2 aromatic carbocycles. The molecule has 7 heteroatoms. The van der Waals surface area contributed by atoms with Crippen LogP contribution in [0.25, 0.3) is 16.5 Å². The minimum Gasteiger partial charge on any atom is -0.497 e. The molecule has 0 saturated carbocycles. The Morgan fingerprint density at radius 1 is 1.16 bits per heavy atom. The van der Waals surface area contributed by atoms with Gasteiger partial charge in [-0.1, -0.05) is 24.3 Å². The Morgan fingerprint density at radius 3 is 2.75 bits per heavy atom. The molecule has 1 aromatic heterocycles. The van der Waals surface area contributed by atoms with Crippen LogP contribution in [-0.2, 0) is 4.79 Å². The Hall–Kier alpha value is -3.19. The van der Waals surface area contributed by atoms with Crippen molar-refractivity contribution in [2.45, 2.75) is 12.5 Å². The van der Waals surface area contributed by atoms with E-state index in [0.29, 0.717) is 30.3 Å². The molecule has 1 atom stereocenters. The lowest BCUT2D eigenvalue weighted by Crippen LogP contribution is -2.50. The second kappa shape index (κ2) is 8.74. The Morgan fingerprint density at radius 2 is 2.00 bits per heavy atom. The lowest BCUT2D eigenvalue weighted by Gasteiger charge is -2.32. The summed E-state index contributed by atoms with van der Waals surface area (Å²) in [6.07, 6.45) is 4.94. The lowest BCUT2D eigenvalue weighted by atomic mass is 9.98. The summed E-state index contributed by atoms with van der Waals surface area (Å²) in [5.74, 6) is 1.99. The summed E-state index contributed by atoms with van der Waals surface area (Å²) in [5, 5.41) is 1.13. The molecular weight excluding hydrogens is 422 g/mol. The summed E-state index contributed by atoms with van der Waals surface area (Å²) < 4.78 is 5.38. The van der Waals surface area contributed by atoms with Crippen LogP contribution >= 0.6 is 11.8 Å². The van der Waals surface area contributed by atoms with Crippen LogP contribution in [0.4, 0.5) is 0 Å². The molecule has 3 aromatic rings. The van der Waals surface area contributed by atoms with Gasteiger partial charge in [-0.2, -0.15) is 0 Å². The van der Waals surface area contributed by atoms with Crippen LogP contribution in [-0.4, -0.2) is 64.5 Å². The molecule has 3 heterocycles. The molecule has 5 rings (SSSR count). The third-order valence-electron chi connectivity index (χ3n) is 6.20. The molecule has 32 heavy (non-hydrogen) atoms. The molecule has 2 aliphatic heterocycles. The number of carbonyl (C=O) groups is 2. The molecule has 0 unspecified atom stereocenters. The van der Waals surface area contributed by atoms with Crippen LogP contribution in [0.2, 0.25) is 0 Å². The second-order valence-corrected chi connectivity index (χ2v) is 9.03. The van der Waals surface area contributed by atoms with E-state index < -0.39 is 6.04 Å². The Bertz CT molecular complexity index is 1190.